The molecule has 1 aliphatic heterocycles. The van der Waals surface area contributed by atoms with E-state index in [1.165, 1.54) is 6.42 Å². The summed E-state index contributed by atoms with van der Waals surface area (Å²) in [5.74, 6) is 0.541. The fourth-order valence-corrected chi connectivity index (χ4v) is 3.24. The Morgan fingerprint density at radius 2 is 1.76 bits per heavy atom. The number of carbonyl (C=O) groups is 2. The monoisotopic (exact) mass is 393 g/mol. The Labute approximate surface area is 171 Å². The summed E-state index contributed by atoms with van der Waals surface area (Å²) in [7, 11) is 0. The molecule has 6 nitrogen and oxygen atoms in total. The highest BCUT2D eigenvalue weighted by Crippen LogP contribution is 2.23. The lowest BCUT2D eigenvalue weighted by molar-refractivity contribution is -0.114. The molecule has 2 aromatic carbocycles. The number of ether oxygens (including phenoxy) is 1. The summed E-state index contributed by atoms with van der Waals surface area (Å²) in [6.07, 6.45) is 4.99. The van der Waals surface area contributed by atoms with Gasteiger partial charge in [0, 0.05) is 24.3 Å². The number of amides is 2. The first-order valence-corrected chi connectivity index (χ1v) is 9.93. The molecule has 1 fully saturated rings. The predicted molar refractivity (Wildman–Crippen MR) is 115 cm³/mol. The van der Waals surface area contributed by atoms with Gasteiger partial charge in [-0.1, -0.05) is 24.8 Å². The van der Waals surface area contributed by atoms with Crippen molar-refractivity contribution < 1.29 is 14.3 Å². The van der Waals surface area contributed by atoms with Gasteiger partial charge in [0.2, 0.25) is 5.91 Å². The molecule has 0 bridgehead atoms. The molecular weight excluding hydrogens is 366 g/mol. The first-order valence-electron chi connectivity index (χ1n) is 9.93. The minimum absolute atomic E-state index is 0.0559. The normalized spacial score (nSPS) is 13.4. The summed E-state index contributed by atoms with van der Waals surface area (Å²) in [4.78, 5) is 26.7. The van der Waals surface area contributed by atoms with Gasteiger partial charge in [0.25, 0.3) is 5.91 Å². The summed E-state index contributed by atoms with van der Waals surface area (Å²) < 4.78 is 5.57. The molecule has 0 unspecified atom stereocenters. The number of likely N-dealkylation sites (tertiary alicyclic amines) is 1. The number of carbonyl (C=O) groups excluding carboxylic acids is 2. The van der Waals surface area contributed by atoms with Crippen LogP contribution in [0.25, 0.3) is 0 Å². The Bertz CT molecular complexity index is 843. The molecule has 1 saturated heterocycles. The number of anilines is 2. The van der Waals surface area contributed by atoms with Gasteiger partial charge in [-0.2, -0.15) is 0 Å². The van der Waals surface area contributed by atoms with E-state index < -0.39 is 0 Å². The number of hydrogen-bond donors (Lipinski definition) is 2. The molecule has 0 aromatic heterocycles. The maximum atomic E-state index is 12.5. The third kappa shape index (κ3) is 5.85. The lowest BCUT2D eigenvalue weighted by Crippen LogP contribution is -2.35. The van der Waals surface area contributed by atoms with E-state index in [0.717, 1.165) is 31.6 Å². The number of piperidine rings is 1. The van der Waals surface area contributed by atoms with E-state index >= 15 is 0 Å². The zero-order valence-electron chi connectivity index (χ0n) is 16.5. The Balaban J connectivity index is 1.52. The van der Waals surface area contributed by atoms with Crippen LogP contribution in [0.4, 0.5) is 11.4 Å². The van der Waals surface area contributed by atoms with Crippen molar-refractivity contribution in [3.8, 4) is 5.75 Å². The van der Waals surface area contributed by atoms with E-state index in [2.05, 4.69) is 17.2 Å². The number of rotatable bonds is 8. The zero-order valence-corrected chi connectivity index (χ0v) is 16.5. The van der Waals surface area contributed by atoms with Crippen molar-refractivity contribution in [3.63, 3.8) is 0 Å². The molecular formula is C23H27N3O3. The molecule has 3 rings (SSSR count). The van der Waals surface area contributed by atoms with Crippen molar-refractivity contribution >= 4 is 23.2 Å². The van der Waals surface area contributed by atoms with E-state index in [1.807, 2.05) is 29.2 Å². The average molecular weight is 393 g/mol. The molecule has 1 heterocycles. The van der Waals surface area contributed by atoms with E-state index in [-0.39, 0.29) is 18.4 Å². The molecule has 0 atom stereocenters. The van der Waals surface area contributed by atoms with Gasteiger partial charge in [0.1, 0.15) is 12.4 Å². The minimum Gasteiger partial charge on any atom is -0.487 e. The van der Waals surface area contributed by atoms with Crippen LogP contribution >= 0.6 is 0 Å². The Hall–Kier alpha value is -3.28. The van der Waals surface area contributed by atoms with Gasteiger partial charge in [0.15, 0.2) is 0 Å². The first-order chi connectivity index (χ1) is 14.2. The smallest absolute Gasteiger partial charge is 0.253 e. The molecule has 2 N–H and O–H groups in total. The van der Waals surface area contributed by atoms with Crippen molar-refractivity contribution in [1.82, 2.24) is 4.90 Å². The van der Waals surface area contributed by atoms with Gasteiger partial charge in [-0.3, -0.25) is 9.59 Å². The van der Waals surface area contributed by atoms with E-state index in [0.29, 0.717) is 23.6 Å². The van der Waals surface area contributed by atoms with Crippen molar-refractivity contribution in [2.75, 3.05) is 36.9 Å². The van der Waals surface area contributed by atoms with Gasteiger partial charge in [0.05, 0.1) is 12.2 Å². The topological polar surface area (TPSA) is 70.7 Å². The zero-order chi connectivity index (χ0) is 20.5. The highest BCUT2D eigenvalue weighted by Gasteiger charge is 2.18. The summed E-state index contributed by atoms with van der Waals surface area (Å²) in [6, 6.07) is 14.5. The predicted octanol–water partition coefficient (Wildman–Crippen LogP) is 3.93. The van der Waals surface area contributed by atoms with Crippen LogP contribution in [0, 0.1) is 0 Å². The molecule has 152 valence electrons. The summed E-state index contributed by atoms with van der Waals surface area (Å²) in [5, 5.41) is 5.92. The van der Waals surface area contributed by atoms with Gasteiger partial charge in [-0.15, -0.1) is 0 Å². The molecule has 6 heteroatoms. The van der Waals surface area contributed by atoms with Crippen LogP contribution in [-0.2, 0) is 4.79 Å². The summed E-state index contributed by atoms with van der Waals surface area (Å²) in [5.41, 5.74) is 2.05. The number of hydrogen-bond acceptors (Lipinski definition) is 4. The molecule has 29 heavy (non-hydrogen) atoms. The fraction of sp³-hybridized carbons (Fsp3) is 0.304. The third-order valence-electron chi connectivity index (χ3n) is 4.74. The van der Waals surface area contributed by atoms with Crippen LogP contribution in [0.15, 0.2) is 61.2 Å². The average Bonchev–Trinajstić information content (AvgIpc) is 2.77. The van der Waals surface area contributed by atoms with Crippen LogP contribution < -0.4 is 15.4 Å². The Morgan fingerprint density at radius 3 is 2.48 bits per heavy atom. The standard InChI is InChI=1S/C23H27N3O3/c1-2-16-29-21-9-5-4-8-20(21)24-17-22(27)25-19-12-10-18(11-13-19)23(28)26-14-6-3-7-15-26/h2,4-5,8-13,24H,1,3,6-7,14-17H2,(H,25,27). The van der Waals surface area contributed by atoms with E-state index in [9.17, 15) is 9.59 Å². The van der Waals surface area contributed by atoms with Crippen molar-refractivity contribution in [1.29, 1.82) is 0 Å². The van der Waals surface area contributed by atoms with Crippen LogP contribution in [-0.4, -0.2) is 43.0 Å². The van der Waals surface area contributed by atoms with Gasteiger partial charge >= 0.3 is 0 Å². The SMILES string of the molecule is C=CCOc1ccccc1NCC(=O)Nc1ccc(C(=O)N2CCCCC2)cc1. The van der Waals surface area contributed by atoms with Crippen molar-refractivity contribution in [3.05, 3.63) is 66.7 Å². The molecule has 0 radical (unpaired) electrons. The second kappa shape index (κ2) is 10.3. The Morgan fingerprint density at radius 1 is 1.03 bits per heavy atom. The van der Waals surface area contributed by atoms with Gasteiger partial charge in [-0.05, 0) is 55.7 Å². The molecule has 2 aromatic rings. The van der Waals surface area contributed by atoms with Crippen molar-refractivity contribution in [2.45, 2.75) is 19.3 Å². The van der Waals surface area contributed by atoms with Crippen LogP contribution in [0.2, 0.25) is 0 Å². The summed E-state index contributed by atoms with van der Waals surface area (Å²) >= 11 is 0. The number of nitrogens with zero attached hydrogens (tertiary/aromatic N) is 1. The quantitative estimate of drug-likeness (QED) is 0.667. The summed E-state index contributed by atoms with van der Waals surface area (Å²) in [6.45, 7) is 5.77. The maximum Gasteiger partial charge on any atom is 0.253 e. The van der Waals surface area contributed by atoms with Gasteiger partial charge in [-0.25, -0.2) is 0 Å². The molecule has 0 aliphatic carbocycles. The van der Waals surface area contributed by atoms with E-state index in [1.54, 1.807) is 30.3 Å². The van der Waals surface area contributed by atoms with Crippen molar-refractivity contribution in [2.24, 2.45) is 0 Å². The minimum atomic E-state index is -0.182. The molecule has 1 aliphatic rings. The highest BCUT2D eigenvalue weighted by atomic mass is 16.5. The first kappa shape index (κ1) is 20.5. The van der Waals surface area contributed by atoms with Crippen LogP contribution in [0.3, 0.4) is 0 Å². The third-order valence-corrected chi connectivity index (χ3v) is 4.74. The lowest BCUT2D eigenvalue weighted by atomic mass is 10.1. The Kier molecular flexibility index (Phi) is 7.28. The maximum absolute atomic E-state index is 12.5. The molecule has 0 saturated carbocycles. The number of nitrogens with one attached hydrogen (secondary N) is 2. The second-order valence-electron chi connectivity index (χ2n) is 6.93. The van der Waals surface area contributed by atoms with Crippen LogP contribution in [0.1, 0.15) is 29.6 Å². The molecule has 0 spiro atoms. The fourth-order valence-electron chi connectivity index (χ4n) is 3.24. The van der Waals surface area contributed by atoms with Gasteiger partial charge < -0.3 is 20.3 Å². The lowest BCUT2D eigenvalue weighted by Gasteiger charge is -2.26. The number of para-hydroxylation sites is 2. The largest absolute Gasteiger partial charge is 0.487 e. The highest BCUT2D eigenvalue weighted by molar-refractivity contribution is 5.96. The number of benzene rings is 2. The van der Waals surface area contributed by atoms with E-state index in [4.69, 9.17) is 4.74 Å². The molecule has 2 amide bonds. The van der Waals surface area contributed by atoms with Crippen LogP contribution in [0.5, 0.6) is 5.75 Å². The second-order valence-corrected chi connectivity index (χ2v) is 6.93.